The average Bonchev–Trinajstić information content (AvgIpc) is 2.76. The van der Waals surface area contributed by atoms with Crippen LogP contribution < -0.4 is 0 Å². The Morgan fingerprint density at radius 2 is 1.95 bits per heavy atom. The van der Waals surface area contributed by atoms with E-state index >= 15 is 0 Å². The van der Waals surface area contributed by atoms with Crippen LogP contribution >= 0.6 is 24.0 Å². The molecule has 0 fully saturated rings. The van der Waals surface area contributed by atoms with Crippen LogP contribution in [0, 0.1) is 5.82 Å². The van der Waals surface area contributed by atoms with Crippen LogP contribution in [-0.4, -0.2) is 17.7 Å². The van der Waals surface area contributed by atoms with Crippen molar-refractivity contribution in [3.8, 4) is 0 Å². The normalized spacial score (nSPS) is 19.9. The highest BCUT2D eigenvalue weighted by Crippen LogP contribution is 2.35. The van der Waals surface area contributed by atoms with Gasteiger partial charge in [0, 0.05) is 35.3 Å². The summed E-state index contributed by atoms with van der Waals surface area (Å²) in [4.78, 5) is 6.60. The first-order valence-electron chi connectivity index (χ1n) is 6.92. The van der Waals surface area contributed by atoms with Gasteiger partial charge in [0.05, 0.1) is 5.69 Å². The molecule has 2 nitrogen and oxygen atoms in total. The van der Waals surface area contributed by atoms with Gasteiger partial charge in [0.15, 0.2) is 0 Å². The molecule has 0 radical (unpaired) electrons. The quantitative estimate of drug-likeness (QED) is 0.582. The van der Waals surface area contributed by atoms with Crippen LogP contribution in [0.4, 0.5) is 10.1 Å². The summed E-state index contributed by atoms with van der Waals surface area (Å²) in [5.74, 6) is -0.231. The predicted molar refractivity (Wildman–Crippen MR) is 101 cm³/mol. The van der Waals surface area contributed by atoms with Gasteiger partial charge in [-0.05, 0) is 50.3 Å². The lowest BCUT2D eigenvalue weighted by molar-refractivity contribution is 0.533. The van der Waals surface area contributed by atoms with Crippen molar-refractivity contribution in [1.82, 2.24) is 4.90 Å². The van der Waals surface area contributed by atoms with Crippen molar-refractivity contribution in [1.29, 1.82) is 0 Å². The van der Waals surface area contributed by atoms with Crippen LogP contribution in [0.3, 0.4) is 0 Å². The van der Waals surface area contributed by atoms with Gasteiger partial charge in [0.25, 0.3) is 0 Å². The molecule has 0 aliphatic carbocycles. The Morgan fingerprint density at radius 3 is 2.73 bits per heavy atom. The van der Waals surface area contributed by atoms with Crippen molar-refractivity contribution >= 4 is 40.9 Å². The van der Waals surface area contributed by atoms with Crippen LogP contribution in [0.1, 0.15) is 19.4 Å². The lowest BCUT2D eigenvalue weighted by atomic mass is 10.0. The van der Waals surface area contributed by atoms with Crippen molar-refractivity contribution in [2.45, 2.75) is 13.8 Å². The molecule has 0 atom stereocenters. The van der Waals surface area contributed by atoms with Gasteiger partial charge in [-0.25, -0.2) is 4.39 Å². The second-order valence-corrected chi connectivity index (χ2v) is 5.26. The van der Waals surface area contributed by atoms with Crippen molar-refractivity contribution < 1.29 is 4.39 Å². The monoisotopic (exact) mass is 408 g/mol. The van der Waals surface area contributed by atoms with E-state index in [0.29, 0.717) is 0 Å². The van der Waals surface area contributed by atoms with Crippen LogP contribution in [-0.2, 0) is 0 Å². The molecule has 0 spiro atoms. The van der Waals surface area contributed by atoms with Gasteiger partial charge in [-0.3, -0.25) is 4.99 Å². The minimum absolute atomic E-state index is 0. The molecular formula is C18H18FIN2. The number of hydrogen-bond donors (Lipinski definition) is 0. The number of hydrogen-bond acceptors (Lipinski definition) is 2. The molecule has 3 rings (SSSR count). The van der Waals surface area contributed by atoms with Crippen LogP contribution in [0.5, 0.6) is 0 Å². The van der Waals surface area contributed by atoms with E-state index in [1.807, 2.05) is 32.2 Å². The molecular weight excluding hydrogens is 390 g/mol. The number of benzene rings is 1. The topological polar surface area (TPSA) is 15.6 Å². The number of rotatable bonds is 1. The third kappa shape index (κ3) is 3.06. The molecule has 0 amide bonds. The maximum Gasteiger partial charge on any atom is 0.123 e. The molecule has 0 saturated carbocycles. The lowest BCUT2D eigenvalue weighted by Crippen LogP contribution is -2.15. The van der Waals surface area contributed by atoms with E-state index < -0.39 is 0 Å². The van der Waals surface area contributed by atoms with Crippen LogP contribution in [0.25, 0.3) is 5.57 Å². The van der Waals surface area contributed by atoms with E-state index in [0.717, 1.165) is 28.2 Å². The van der Waals surface area contributed by atoms with Gasteiger partial charge in [-0.15, -0.1) is 24.0 Å². The number of nitrogens with zero attached hydrogens (tertiary/aromatic N) is 2. The Bertz CT molecular complexity index is 754. The first-order valence-corrected chi connectivity index (χ1v) is 6.92. The van der Waals surface area contributed by atoms with E-state index in [-0.39, 0.29) is 29.8 Å². The first-order chi connectivity index (χ1) is 10.1. The van der Waals surface area contributed by atoms with Crippen molar-refractivity contribution in [3.05, 3.63) is 71.4 Å². The first kappa shape index (κ1) is 16.7. The highest BCUT2D eigenvalue weighted by molar-refractivity contribution is 14.0. The summed E-state index contributed by atoms with van der Waals surface area (Å²) in [6, 6.07) is 4.72. The second kappa shape index (κ2) is 6.60. The minimum Gasteiger partial charge on any atom is -0.348 e. The smallest absolute Gasteiger partial charge is 0.123 e. The fourth-order valence-corrected chi connectivity index (χ4v) is 2.52. The standard InChI is InChI=1S/C18H17FN2.HI/c1-12-5-4-6-15(21(12)3)8-9-16-13(2)20-18-10-7-14(19)11-17(16)18;/h4-11H,1-3H3;1H. The molecule has 2 heterocycles. The number of likely N-dealkylation sites (N-methyl/N-ethyl adjacent to an activating group) is 1. The Hall–Kier alpha value is -1.69. The highest BCUT2D eigenvalue weighted by Gasteiger charge is 2.17. The SMILES string of the molecule is CC1=CC=CC(=CC=C2C(C)=Nc3ccc(F)cc32)N1C.I. The van der Waals surface area contributed by atoms with Gasteiger partial charge in [-0.1, -0.05) is 12.2 Å². The largest absolute Gasteiger partial charge is 0.348 e. The van der Waals surface area contributed by atoms with E-state index in [1.54, 1.807) is 12.1 Å². The third-order valence-electron chi connectivity index (χ3n) is 3.87. The van der Waals surface area contributed by atoms with Gasteiger partial charge in [0.1, 0.15) is 5.82 Å². The van der Waals surface area contributed by atoms with E-state index in [1.165, 1.54) is 11.8 Å². The summed E-state index contributed by atoms with van der Waals surface area (Å²) in [6.07, 6.45) is 10.2. The molecule has 1 aromatic carbocycles. The van der Waals surface area contributed by atoms with E-state index in [4.69, 9.17) is 0 Å². The summed E-state index contributed by atoms with van der Waals surface area (Å²) in [5.41, 5.74) is 5.87. The Morgan fingerprint density at radius 1 is 1.18 bits per heavy atom. The molecule has 2 aliphatic rings. The third-order valence-corrected chi connectivity index (χ3v) is 3.87. The summed E-state index contributed by atoms with van der Waals surface area (Å²) in [7, 11) is 2.03. The second-order valence-electron chi connectivity index (χ2n) is 5.26. The predicted octanol–water partition coefficient (Wildman–Crippen LogP) is 5.22. The molecule has 2 aliphatic heterocycles. The lowest BCUT2D eigenvalue weighted by Gasteiger charge is -2.23. The van der Waals surface area contributed by atoms with Crippen molar-refractivity contribution in [3.63, 3.8) is 0 Å². The fourth-order valence-electron chi connectivity index (χ4n) is 2.52. The molecule has 0 N–H and O–H groups in total. The number of aliphatic imine (C=N–C) groups is 1. The summed E-state index contributed by atoms with van der Waals surface area (Å²) >= 11 is 0. The van der Waals surface area contributed by atoms with E-state index in [9.17, 15) is 4.39 Å². The van der Waals surface area contributed by atoms with Crippen LogP contribution in [0.2, 0.25) is 0 Å². The molecule has 0 saturated heterocycles. The Labute approximate surface area is 147 Å². The molecule has 0 aromatic heterocycles. The zero-order chi connectivity index (χ0) is 15.0. The fraction of sp³-hybridized carbons (Fsp3) is 0.167. The Balaban J connectivity index is 0.00000176. The summed E-state index contributed by atoms with van der Waals surface area (Å²) in [6.45, 7) is 4.02. The van der Waals surface area contributed by atoms with Gasteiger partial charge in [0.2, 0.25) is 0 Å². The summed E-state index contributed by atoms with van der Waals surface area (Å²) < 4.78 is 13.5. The molecule has 0 bridgehead atoms. The number of fused-ring (bicyclic) bond motifs is 1. The Kier molecular flexibility index (Phi) is 5.01. The van der Waals surface area contributed by atoms with Crippen molar-refractivity contribution in [2.75, 3.05) is 7.05 Å². The molecule has 4 heteroatoms. The van der Waals surface area contributed by atoms with Gasteiger partial charge < -0.3 is 4.90 Å². The average molecular weight is 408 g/mol. The number of halogens is 2. The zero-order valence-corrected chi connectivity index (χ0v) is 15.1. The minimum atomic E-state index is -0.231. The molecule has 0 unspecified atom stereocenters. The number of allylic oxidation sites excluding steroid dienone is 7. The van der Waals surface area contributed by atoms with Crippen molar-refractivity contribution in [2.24, 2.45) is 4.99 Å². The molecule has 22 heavy (non-hydrogen) atoms. The van der Waals surface area contributed by atoms with Crippen LogP contribution in [0.15, 0.2) is 65.0 Å². The highest BCUT2D eigenvalue weighted by atomic mass is 127. The molecule has 1 aromatic rings. The van der Waals surface area contributed by atoms with E-state index in [2.05, 4.69) is 29.0 Å². The van der Waals surface area contributed by atoms with Gasteiger partial charge in [-0.2, -0.15) is 0 Å². The maximum absolute atomic E-state index is 13.5. The zero-order valence-electron chi connectivity index (χ0n) is 12.8. The van der Waals surface area contributed by atoms with Gasteiger partial charge >= 0.3 is 0 Å². The maximum atomic E-state index is 13.5. The molecule has 114 valence electrons. The summed E-state index contributed by atoms with van der Waals surface area (Å²) in [5, 5.41) is 0.